The van der Waals surface area contributed by atoms with Gasteiger partial charge in [-0.25, -0.2) is 0 Å². The molecule has 1 aromatic carbocycles. The van der Waals surface area contributed by atoms with E-state index in [1.165, 1.54) is 20.5 Å². The lowest BCUT2D eigenvalue weighted by atomic mass is 10.1. The quantitative estimate of drug-likeness (QED) is 0.881. The number of thiophene rings is 1. The average Bonchev–Trinajstić information content (AvgIpc) is 2.76. The van der Waals surface area contributed by atoms with E-state index in [0.29, 0.717) is 0 Å². The van der Waals surface area contributed by atoms with Crippen LogP contribution in [0.3, 0.4) is 0 Å². The SMILES string of the molecule is Cc1ccc(C(N)CNCc2sccc2Br)cc1. The van der Waals surface area contributed by atoms with Crippen molar-refractivity contribution in [3.63, 3.8) is 0 Å². The first-order chi connectivity index (χ1) is 8.66. The lowest BCUT2D eigenvalue weighted by Gasteiger charge is -2.13. The summed E-state index contributed by atoms with van der Waals surface area (Å²) in [6.45, 7) is 3.73. The first kappa shape index (κ1) is 13.7. The van der Waals surface area contributed by atoms with Crippen molar-refractivity contribution >= 4 is 27.3 Å². The number of halogens is 1. The van der Waals surface area contributed by atoms with Crippen molar-refractivity contribution in [2.75, 3.05) is 6.54 Å². The van der Waals surface area contributed by atoms with Gasteiger partial charge in [0, 0.05) is 28.5 Å². The standard InChI is InChI=1S/C14H17BrN2S/c1-10-2-4-11(5-3-10)13(16)8-17-9-14-12(15)6-7-18-14/h2-7,13,17H,8-9,16H2,1H3. The molecule has 96 valence electrons. The largest absolute Gasteiger partial charge is 0.323 e. The summed E-state index contributed by atoms with van der Waals surface area (Å²) >= 11 is 5.27. The van der Waals surface area contributed by atoms with Crippen LogP contribution in [0.5, 0.6) is 0 Å². The number of hydrogen-bond acceptors (Lipinski definition) is 3. The Hall–Kier alpha value is -0.680. The molecule has 0 spiro atoms. The van der Waals surface area contributed by atoms with Gasteiger partial charge < -0.3 is 11.1 Å². The van der Waals surface area contributed by atoms with Crippen molar-refractivity contribution in [1.29, 1.82) is 0 Å². The minimum Gasteiger partial charge on any atom is -0.323 e. The molecule has 1 unspecified atom stereocenters. The summed E-state index contributed by atoms with van der Waals surface area (Å²) in [7, 11) is 0. The summed E-state index contributed by atoms with van der Waals surface area (Å²) in [4.78, 5) is 1.31. The van der Waals surface area contributed by atoms with Gasteiger partial charge in [0.25, 0.3) is 0 Å². The van der Waals surface area contributed by atoms with E-state index in [1.54, 1.807) is 11.3 Å². The topological polar surface area (TPSA) is 38.0 Å². The van der Waals surface area contributed by atoms with Crippen molar-refractivity contribution in [3.8, 4) is 0 Å². The predicted molar refractivity (Wildman–Crippen MR) is 81.8 cm³/mol. The van der Waals surface area contributed by atoms with Crippen LogP contribution in [0.2, 0.25) is 0 Å². The van der Waals surface area contributed by atoms with Crippen LogP contribution in [0, 0.1) is 6.92 Å². The molecule has 0 aliphatic heterocycles. The molecule has 1 heterocycles. The molecule has 3 N–H and O–H groups in total. The zero-order chi connectivity index (χ0) is 13.0. The highest BCUT2D eigenvalue weighted by molar-refractivity contribution is 9.10. The third kappa shape index (κ3) is 3.65. The number of benzene rings is 1. The van der Waals surface area contributed by atoms with Gasteiger partial charge in [-0.3, -0.25) is 0 Å². The Kier molecular flexibility index (Phi) is 4.95. The van der Waals surface area contributed by atoms with Gasteiger partial charge in [-0.15, -0.1) is 11.3 Å². The van der Waals surface area contributed by atoms with Crippen LogP contribution in [-0.4, -0.2) is 6.54 Å². The third-order valence-corrected chi connectivity index (χ3v) is 4.77. The fraction of sp³-hybridized carbons (Fsp3) is 0.286. The monoisotopic (exact) mass is 324 g/mol. The van der Waals surface area contributed by atoms with Crippen LogP contribution in [0.4, 0.5) is 0 Å². The maximum Gasteiger partial charge on any atom is 0.0421 e. The van der Waals surface area contributed by atoms with Crippen molar-refractivity contribution < 1.29 is 0 Å². The normalized spacial score (nSPS) is 12.6. The summed E-state index contributed by atoms with van der Waals surface area (Å²) in [6.07, 6.45) is 0. The van der Waals surface area contributed by atoms with E-state index >= 15 is 0 Å². The Morgan fingerprint density at radius 2 is 2.00 bits per heavy atom. The Morgan fingerprint density at radius 1 is 1.28 bits per heavy atom. The molecule has 0 fully saturated rings. The molecule has 1 atom stereocenters. The van der Waals surface area contributed by atoms with E-state index < -0.39 is 0 Å². The molecule has 0 bridgehead atoms. The molecule has 0 amide bonds. The molecule has 2 rings (SSSR count). The zero-order valence-corrected chi connectivity index (χ0v) is 12.7. The Bertz CT molecular complexity index is 493. The molecule has 1 aromatic heterocycles. The molecule has 0 aliphatic rings. The fourth-order valence-corrected chi connectivity index (χ4v) is 3.19. The minimum absolute atomic E-state index is 0.0457. The van der Waals surface area contributed by atoms with Crippen molar-refractivity contribution in [2.24, 2.45) is 5.73 Å². The summed E-state index contributed by atoms with van der Waals surface area (Å²) in [5.41, 5.74) is 8.60. The summed E-state index contributed by atoms with van der Waals surface area (Å²) in [6, 6.07) is 10.5. The number of nitrogens with two attached hydrogens (primary N) is 1. The van der Waals surface area contributed by atoms with Gasteiger partial charge in [0.05, 0.1) is 0 Å². The number of nitrogens with one attached hydrogen (secondary N) is 1. The molecule has 4 heteroatoms. The van der Waals surface area contributed by atoms with Crippen LogP contribution < -0.4 is 11.1 Å². The van der Waals surface area contributed by atoms with Gasteiger partial charge in [-0.2, -0.15) is 0 Å². The number of rotatable bonds is 5. The second-order valence-electron chi connectivity index (χ2n) is 4.34. The Balaban J connectivity index is 1.83. The van der Waals surface area contributed by atoms with E-state index in [-0.39, 0.29) is 6.04 Å². The van der Waals surface area contributed by atoms with Gasteiger partial charge in [-0.1, -0.05) is 29.8 Å². The summed E-state index contributed by atoms with van der Waals surface area (Å²) < 4.78 is 1.17. The van der Waals surface area contributed by atoms with Gasteiger partial charge >= 0.3 is 0 Å². The molecule has 0 saturated heterocycles. The van der Waals surface area contributed by atoms with Crippen LogP contribution in [0.1, 0.15) is 22.0 Å². The minimum atomic E-state index is 0.0457. The fourth-order valence-electron chi connectivity index (χ4n) is 1.72. The van der Waals surface area contributed by atoms with Gasteiger partial charge in [0.15, 0.2) is 0 Å². The van der Waals surface area contributed by atoms with Crippen molar-refractivity contribution in [2.45, 2.75) is 19.5 Å². The lowest BCUT2D eigenvalue weighted by molar-refractivity contribution is 0.601. The zero-order valence-electron chi connectivity index (χ0n) is 10.3. The van der Waals surface area contributed by atoms with E-state index in [4.69, 9.17) is 5.73 Å². The molecular weight excluding hydrogens is 308 g/mol. The highest BCUT2D eigenvalue weighted by Gasteiger charge is 2.06. The van der Waals surface area contributed by atoms with E-state index in [1.807, 2.05) is 0 Å². The smallest absolute Gasteiger partial charge is 0.0421 e. The molecule has 2 aromatic rings. The van der Waals surface area contributed by atoms with E-state index in [2.05, 4.69) is 63.9 Å². The van der Waals surface area contributed by atoms with Crippen LogP contribution >= 0.6 is 27.3 Å². The third-order valence-electron chi connectivity index (χ3n) is 2.85. The maximum absolute atomic E-state index is 6.15. The van der Waals surface area contributed by atoms with Crippen LogP contribution in [0.25, 0.3) is 0 Å². The van der Waals surface area contributed by atoms with Crippen molar-refractivity contribution in [3.05, 3.63) is 56.2 Å². The lowest BCUT2D eigenvalue weighted by Crippen LogP contribution is -2.26. The Labute approximate surface area is 120 Å². The van der Waals surface area contributed by atoms with Gasteiger partial charge in [0.1, 0.15) is 0 Å². The van der Waals surface area contributed by atoms with E-state index in [0.717, 1.165) is 13.1 Å². The van der Waals surface area contributed by atoms with Gasteiger partial charge in [-0.05, 0) is 39.9 Å². The molecule has 0 saturated carbocycles. The van der Waals surface area contributed by atoms with Gasteiger partial charge in [0.2, 0.25) is 0 Å². The van der Waals surface area contributed by atoms with Crippen LogP contribution in [-0.2, 0) is 6.54 Å². The Morgan fingerprint density at radius 3 is 2.61 bits per heavy atom. The predicted octanol–water partition coefficient (Wildman–Crippen LogP) is 3.61. The molecule has 18 heavy (non-hydrogen) atoms. The second-order valence-corrected chi connectivity index (χ2v) is 6.19. The summed E-state index contributed by atoms with van der Waals surface area (Å²) in [5.74, 6) is 0. The molecule has 0 aliphatic carbocycles. The van der Waals surface area contributed by atoms with E-state index in [9.17, 15) is 0 Å². The first-order valence-electron chi connectivity index (χ1n) is 5.91. The number of hydrogen-bond donors (Lipinski definition) is 2. The maximum atomic E-state index is 6.15. The summed E-state index contributed by atoms with van der Waals surface area (Å²) in [5, 5.41) is 5.48. The van der Waals surface area contributed by atoms with Crippen molar-refractivity contribution in [1.82, 2.24) is 5.32 Å². The molecule has 0 radical (unpaired) electrons. The second kappa shape index (κ2) is 6.48. The molecule has 2 nitrogen and oxygen atoms in total. The number of aryl methyl sites for hydroxylation is 1. The first-order valence-corrected chi connectivity index (χ1v) is 7.59. The average molecular weight is 325 g/mol. The highest BCUT2D eigenvalue weighted by Crippen LogP contribution is 2.22. The highest BCUT2D eigenvalue weighted by atomic mass is 79.9. The van der Waals surface area contributed by atoms with Crippen LogP contribution in [0.15, 0.2) is 40.2 Å². The molecular formula is C14H17BrN2S.